The van der Waals surface area contributed by atoms with Gasteiger partial charge in [0, 0.05) is 17.8 Å². The van der Waals surface area contributed by atoms with Crippen molar-refractivity contribution in [2.75, 3.05) is 0 Å². The lowest BCUT2D eigenvalue weighted by atomic mass is 9.54. The number of hydrogen-bond acceptors (Lipinski definition) is 2. The zero-order valence-electron chi connectivity index (χ0n) is 19.4. The van der Waals surface area contributed by atoms with Gasteiger partial charge in [-0.2, -0.15) is 0 Å². The van der Waals surface area contributed by atoms with Crippen LogP contribution in [0.3, 0.4) is 0 Å². The molecule has 3 nitrogen and oxygen atoms in total. The monoisotopic (exact) mass is 444 g/mol. The van der Waals surface area contributed by atoms with Crippen LogP contribution in [0.2, 0.25) is 0 Å². The molecule has 1 heterocycles. The molecule has 0 aliphatic heterocycles. The van der Waals surface area contributed by atoms with E-state index in [9.17, 15) is 9.18 Å². The van der Waals surface area contributed by atoms with Gasteiger partial charge in [0.1, 0.15) is 5.82 Å². The predicted octanol–water partition coefficient (Wildman–Crippen LogP) is 6.44. The van der Waals surface area contributed by atoms with E-state index in [1.54, 1.807) is 6.07 Å². The number of benzene rings is 1. The van der Waals surface area contributed by atoms with Gasteiger partial charge in [-0.15, -0.1) is 0 Å². The van der Waals surface area contributed by atoms with Crippen LogP contribution in [0.15, 0.2) is 42.7 Å². The van der Waals surface area contributed by atoms with Crippen LogP contribution in [-0.2, 0) is 6.42 Å². The predicted molar refractivity (Wildman–Crippen MR) is 128 cm³/mol. The summed E-state index contributed by atoms with van der Waals surface area (Å²) in [7, 11) is 0. The van der Waals surface area contributed by atoms with Gasteiger partial charge in [0.15, 0.2) is 0 Å². The smallest absolute Gasteiger partial charge is 0.251 e. The van der Waals surface area contributed by atoms with Crippen molar-refractivity contribution in [3.05, 3.63) is 70.8 Å². The average molecular weight is 445 g/mol. The summed E-state index contributed by atoms with van der Waals surface area (Å²) in [6.45, 7) is 2.39. The van der Waals surface area contributed by atoms with E-state index in [2.05, 4.69) is 41.5 Å². The van der Waals surface area contributed by atoms with Gasteiger partial charge in [-0.25, -0.2) is 4.39 Å². The van der Waals surface area contributed by atoms with E-state index in [0.29, 0.717) is 23.8 Å². The number of rotatable bonds is 3. The molecule has 33 heavy (non-hydrogen) atoms. The van der Waals surface area contributed by atoms with Gasteiger partial charge in [-0.3, -0.25) is 9.78 Å². The summed E-state index contributed by atoms with van der Waals surface area (Å²) >= 11 is 0. The first-order chi connectivity index (χ1) is 16.0. The van der Waals surface area contributed by atoms with E-state index in [0.717, 1.165) is 49.7 Å². The van der Waals surface area contributed by atoms with Crippen molar-refractivity contribution < 1.29 is 9.18 Å². The minimum Gasteiger partial charge on any atom is -0.349 e. The SMILES string of the molecule is CC12CCC3c4ccc(C(=O)NC5CCCC5)cc4CCC3C1CC=C2c1cncc(F)c1. The number of nitrogens with one attached hydrogen (secondary N) is 1. The first kappa shape index (κ1) is 21.1. The number of hydrogen-bond donors (Lipinski definition) is 1. The number of amides is 1. The number of allylic oxidation sites excluding steroid dienone is 2. The zero-order chi connectivity index (χ0) is 22.6. The molecule has 1 aromatic heterocycles. The molecule has 4 unspecified atom stereocenters. The summed E-state index contributed by atoms with van der Waals surface area (Å²) in [6, 6.07) is 8.47. The number of carbonyl (C=O) groups is 1. The highest BCUT2D eigenvalue weighted by Crippen LogP contribution is 2.63. The van der Waals surface area contributed by atoms with Gasteiger partial charge < -0.3 is 5.32 Å². The molecule has 0 bridgehead atoms. The van der Waals surface area contributed by atoms with E-state index in [-0.39, 0.29) is 17.1 Å². The Balaban J connectivity index is 1.23. The van der Waals surface area contributed by atoms with E-state index in [1.165, 1.54) is 42.2 Å². The minimum absolute atomic E-state index is 0.0925. The lowest BCUT2D eigenvalue weighted by Gasteiger charge is -2.50. The molecule has 1 amide bonds. The first-order valence-electron chi connectivity index (χ1n) is 12.8. The Labute approximate surface area is 195 Å². The molecule has 4 aliphatic carbocycles. The molecule has 0 spiro atoms. The van der Waals surface area contributed by atoms with E-state index >= 15 is 0 Å². The molecular weight excluding hydrogens is 411 g/mol. The third-order valence-electron chi connectivity index (χ3n) is 9.28. The van der Waals surface area contributed by atoms with Crippen molar-refractivity contribution >= 4 is 11.5 Å². The summed E-state index contributed by atoms with van der Waals surface area (Å²) in [5.41, 5.74) is 6.00. The van der Waals surface area contributed by atoms with Crippen LogP contribution in [0.1, 0.15) is 91.3 Å². The van der Waals surface area contributed by atoms with Crippen molar-refractivity contribution in [3.8, 4) is 0 Å². The van der Waals surface area contributed by atoms with Crippen LogP contribution in [0.5, 0.6) is 0 Å². The van der Waals surface area contributed by atoms with Gasteiger partial charge in [0.2, 0.25) is 0 Å². The maximum Gasteiger partial charge on any atom is 0.251 e. The second-order valence-electron chi connectivity index (χ2n) is 11.0. The molecule has 1 N–H and O–H groups in total. The lowest BCUT2D eigenvalue weighted by molar-refractivity contribution is 0.0883. The van der Waals surface area contributed by atoms with Crippen LogP contribution in [0.4, 0.5) is 4.39 Å². The maximum atomic E-state index is 13.9. The molecule has 4 heteroatoms. The van der Waals surface area contributed by atoms with Crippen molar-refractivity contribution in [2.45, 2.75) is 76.7 Å². The molecule has 172 valence electrons. The number of aromatic nitrogens is 1. The second kappa shape index (κ2) is 8.07. The van der Waals surface area contributed by atoms with Crippen molar-refractivity contribution in [1.29, 1.82) is 0 Å². The molecular formula is C29H33FN2O. The lowest BCUT2D eigenvalue weighted by Crippen LogP contribution is -2.41. The van der Waals surface area contributed by atoms with Crippen molar-refractivity contribution in [2.24, 2.45) is 17.3 Å². The van der Waals surface area contributed by atoms with Crippen LogP contribution < -0.4 is 5.32 Å². The van der Waals surface area contributed by atoms with Crippen LogP contribution in [0.25, 0.3) is 5.57 Å². The maximum absolute atomic E-state index is 13.9. The van der Waals surface area contributed by atoms with Gasteiger partial charge in [0.05, 0.1) is 6.20 Å². The van der Waals surface area contributed by atoms with Crippen LogP contribution >= 0.6 is 0 Å². The highest BCUT2D eigenvalue weighted by molar-refractivity contribution is 5.94. The second-order valence-corrected chi connectivity index (χ2v) is 11.0. The quantitative estimate of drug-likeness (QED) is 0.592. The van der Waals surface area contributed by atoms with E-state index in [1.807, 2.05) is 6.20 Å². The summed E-state index contributed by atoms with van der Waals surface area (Å²) in [4.78, 5) is 16.9. The highest BCUT2D eigenvalue weighted by atomic mass is 19.1. The van der Waals surface area contributed by atoms with Crippen molar-refractivity contribution in [3.63, 3.8) is 0 Å². The molecule has 2 fully saturated rings. The third kappa shape index (κ3) is 3.53. The van der Waals surface area contributed by atoms with Crippen LogP contribution in [0, 0.1) is 23.1 Å². The van der Waals surface area contributed by atoms with Crippen LogP contribution in [-0.4, -0.2) is 16.9 Å². The number of fused-ring (bicyclic) bond motifs is 5. The summed E-state index contributed by atoms with van der Waals surface area (Å²) in [5, 5.41) is 3.24. The summed E-state index contributed by atoms with van der Waals surface area (Å²) < 4.78 is 13.9. The fourth-order valence-electron chi connectivity index (χ4n) is 7.64. The molecule has 0 radical (unpaired) electrons. The Kier molecular flexibility index (Phi) is 5.15. The third-order valence-corrected chi connectivity index (χ3v) is 9.28. The Hall–Kier alpha value is -2.49. The number of carbonyl (C=O) groups excluding carboxylic acids is 1. The van der Waals surface area contributed by atoms with Crippen molar-refractivity contribution in [1.82, 2.24) is 10.3 Å². The minimum atomic E-state index is -0.256. The van der Waals surface area contributed by atoms with Gasteiger partial charge in [0.25, 0.3) is 5.91 Å². The molecule has 2 aromatic rings. The fraction of sp³-hybridized carbons (Fsp3) is 0.517. The summed E-state index contributed by atoms with van der Waals surface area (Å²) in [5.74, 6) is 1.64. The molecule has 4 atom stereocenters. The molecule has 0 saturated heterocycles. The largest absolute Gasteiger partial charge is 0.349 e. The number of halogens is 1. The van der Waals surface area contributed by atoms with Gasteiger partial charge in [-0.05, 0) is 109 Å². The first-order valence-corrected chi connectivity index (χ1v) is 12.8. The number of nitrogens with zero attached hydrogens (tertiary/aromatic N) is 1. The Morgan fingerprint density at radius 3 is 2.79 bits per heavy atom. The fourth-order valence-corrected chi connectivity index (χ4v) is 7.64. The number of aryl methyl sites for hydroxylation is 1. The zero-order valence-corrected chi connectivity index (χ0v) is 19.4. The molecule has 1 aromatic carbocycles. The Morgan fingerprint density at radius 1 is 1.12 bits per heavy atom. The van der Waals surface area contributed by atoms with Gasteiger partial charge in [-0.1, -0.05) is 31.9 Å². The van der Waals surface area contributed by atoms with Gasteiger partial charge >= 0.3 is 0 Å². The molecule has 4 aliphatic rings. The highest BCUT2D eigenvalue weighted by Gasteiger charge is 2.52. The topological polar surface area (TPSA) is 42.0 Å². The Bertz CT molecular complexity index is 1120. The normalized spacial score (nSPS) is 30.8. The standard InChI is InChI=1S/C29H33FN2O/c1-29-13-12-24-23-8-7-19(28(33)32-22-4-2-3-5-22)14-18(23)6-9-25(24)27(29)11-10-26(29)20-15-21(30)17-31-16-20/h7-8,10,14-17,22,24-25,27H,2-6,9,11-13H2,1H3,(H,32,33). The molecule has 6 rings (SSSR count). The number of pyridine rings is 1. The molecule has 2 saturated carbocycles. The summed E-state index contributed by atoms with van der Waals surface area (Å²) in [6.07, 6.45) is 15.7. The van der Waals surface area contributed by atoms with E-state index in [4.69, 9.17) is 0 Å². The van der Waals surface area contributed by atoms with E-state index < -0.39 is 0 Å². The average Bonchev–Trinajstić information content (AvgIpc) is 3.45. The Morgan fingerprint density at radius 2 is 1.97 bits per heavy atom.